The highest BCUT2D eigenvalue weighted by Gasteiger charge is 2.34. The zero-order valence-electron chi connectivity index (χ0n) is 16.7. The van der Waals surface area contributed by atoms with Gasteiger partial charge in [-0.1, -0.05) is 12.1 Å². The second-order valence-corrected chi connectivity index (χ2v) is 7.25. The summed E-state index contributed by atoms with van der Waals surface area (Å²) in [4.78, 5) is 46.3. The Morgan fingerprint density at radius 1 is 0.968 bits per heavy atom. The van der Waals surface area contributed by atoms with Crippen LogP contribution in [0.4, 0.5) is 5.69 Å². The first kappa shape index (κ1) is 18.7. The van der Waals surface area contributed by atoms with E-state index in [4.69, 9.17) is 0 Å². The van der Waals surface area contributed by atoms with Crippen molar-refractivity contribution in [3.05, 3.63) is 83.4 Å². The highest BCUT2D eigenvalue weighted by Crippen LogP contribution is 2.25. The molecule has 1 aliphatic rings. The number of aromatic nitrogens is 2. The summed E-state index contributed by atoms with van der Waals surface area (Å²) < 4.78 is 0. The van der Waals surface area contributed by atoms with E-state index in [2.05, 4.69) is 15.3 Å². The van der Waals surface area contributed by atoms with Crippen LogP contribution < -0.4 is 5.32 Å². The van der Waals surface area contributed by atoms with Crippen molar-refractivity contribution in [1.82, 2.24) is 14.9 Å². The zero-order chi connectivity index (χ0) is 21.5. The number of nitrogens with one attached hydrogen (secondary N) is 2. The molecule has 0 bridgehead atoms. The normalized spacial score (nSPS) is 13.0. The topological polar surface area (TPSA) is 95.2 Å². The van der Waals surface area contributed by atoms with Gasteiger partial charge in [0.2, 0.25) is 0 Å². The van der Waals surface area contributed by atoms with Gasteiger partial charge >= 0.3 is 0 Å². The number of anilines is 1. The molecule has 1 aliphatic heterocycles. The highest BCUT2D eigenvalue weighted by atomic mass is 16.2. The van der Waals surface area contributed by atoms with E-state index in [1.54, 1.807) is 25.1 Å². The van der Waals surface area contributed by atoms with Gasteiger partial charge in [-0.25, -0.2) is 4.98 Å². The fourth-order valence-electron chi connectivity index (χ4n) is 3.72. The third-order valence-electron chi connectivity index (χ3n) is 5.35. The second-order valence-electron chi connectivity index (χ2n) is 7.25. The van der Waals surface area contributed by atoms with Gasteiger partial charge in [0.15, 0.2) is 0 Å². The van der Waals surface area contributed by atoms with Crippen LogP contribution in [0.1, 0.15) is 38.0 Å². The Morgan fingerprint density at radius 3 is 2.45 bits per heavy atom. The lowest BCUT2D eigenvalue weighted by atomic mass is 10.1. The van der Waals surface area contributed by atoms with Crippen molar-refractivity contribution >= 4 is 34.4 Å². The van der Waals surface area contributed by atoms with E-state index < -0.39 is 0 Å². The number of amides is 3. The van der Waals surface area contributed by atoms with Crippen molar-refractivity contribution in [2.24, 2.45) is 0 Å². The quantitative estimate of drug-likeness (QED) is 0.495. The number of hydrogen-bond donors (Lipinski definition) is 2. The van der Waals surface area contributed by atoms with Crippen molar-refractivity contribution in [2.45, 2.75) is 6.92 Å². The molecule has 0 aliphatic carbocycles. The van der Waals surface area contributed by atoms with Gasteiger partial charge in [0.05, 0.1) is 22.2 Å². The Hall–Kier alpha value is -4.26. The van der Waals surface area contributed by atoms with E-state index in [-0.39, 0.29) is 23.3 Å². The minimum atomic E-state index is -0.368. The number of rotatable bonds is 4. The number of hydrogen-bond acceptors (Lipinski definition) is 4. The van der Waals surface area contributed by atoms with Crippen LogP contribution in [0.25, 0.3) is 22.4 Å². The molecule has 7 nitrogen and oxygen atoms in total. The van der Waals surface area contributed by atoms with Crippen molar-refractivity contribution in [2.75, 3.05) is 11.9 Å². The third-order valence-corrected chi connectivity index (χ3v) is 5.35. The van der Waals surface area contributed by atoms with Crippen LogP contribution in [0.15, 0.2) is 66.7 Å². The Kier molecular flexibility index (Phi) is 4.36. The van der Waals surface area contributed by atoms with Crippen LogP contribution in [0.3, 0.4) is 0 Å². The van der Waals surface area contributed by atoms with Crippen molar-refractivity contribution in [1.29, 1.82) is 0 Å². The first-order valence-corrected chi connectivity index (χ1v) is 9.92. The van der Waals surface area contributed by atoms with Gasteiger partial charge in [-0.15, -0.1) is 0 Å². The Balaban J connectivity index is 1.35. The Bertz CT molecular complexity index is 1320. The van der Waals surface area contributed by atoms with Gasteiger partial charge in [0.1, 0.15) is 5.82 Å². The SMILES string of the molecule is CCN1C(=O)c2ccc(C(=O)Nc3ccc(-c4nc5ccccc5[nH]4)cc3)cc2C1=O. The highest BCUT2D eigenvalue weighted by molar-refractivity contribution is 6.22. The molecule has 0 radical (unpaired) electrons. The fraction of sp³-hybridized carbons (Fsp3) is 0.0833. The predicted molar refractivity (Wildman–Crippen MR) is 117 cm³/mol. The lowest BCUT2D eigenvalue weighted by Gasteiger charge is -2.08. The van der Waals surface area contributed by atoms with E-state index in [0.717, 1.165) is 22.4 Å². The summed E-state index contributed by atoms with van der Waals surface area (Å²) in [6.45, 7) is 2.04. The maximum absolute atomic E-state index is 12.7. The van der Waals surface area contributed by atoms with Crippen molar-refractivity contribution in [3.8, 4) is 11.4 Å². The number of imide groups is 1. The van der Waals surface area contributed by atoms with Gasteiger partial charge in [0, 0.05) is 23.4 Å². The number of nitrogens with zero attached hydrogens (tertiary/aromatic N) is 2. The number of carbonyl (C=O) groups excluding carboxylic acids is 3. The molecule has 2 N–H and O–H groups in total. The van der Waals surface area contributed by atoms with Crippen LogP contribution in [0, 0.1) is 0 Å². The number of imidazole rings is 1. The van der Waals surface area contributed by atoms with Crippen LogP contribution in [0.5, 0.6) is 0 Å². The molecule has 3 aromatic carbocycles. The molecule has 5 rings (SSSR count). The van der Waals surface area contributed by atoms with E-state index in [1.165, 1.54) is 17.0 Å². The van der Waals surface area contributed by atoms with Crippen molar-refractivity contribution < 1.29 is 14.4 Å². The molecule has 0 saturated carbocycles. The lowest BCUT2D eigenvalue weighted by molar-refractivity contribution is 0.0662. The Labute approximate surface area is 177 Å². The molecule has 2 heterocycles. The van der Waals surface area contributed by atoms with Crippen LogP contribution in [-0.2, 0) is 0 Å². The number of H-pyrrole nitrogens is 1. The van der Waals surface area contributed by atoms with E-state index in [1.807, 2.05) is 36.4 Å². The second kappa shape index (κ2) is 7.21. The van der Waals surface area contributed by atoms with Gasteiger partial charge in [-0.3, -0.25) is 19.3 Å². The van der Waals surface area contributed by atoms with Crippen LogP contribution >= 0.6 is 0 Å². The molecule has 152 valence electrons. The van der Waals surface area contributed by atoms with Gasteiger partial charge < -0.3 is 10.3 Å². The molecule has 0 saturated heterocycles. The average molecular weight is 410 g/mol. The van der Waals surface area contributed by atoms with Crippen molar-refractivity contribution in [3.63, 3.8) is 0 Å². The number of para-hydroxylation sites is 2. The minimum absolute atomic E-state index is 0.264. The standard InChI is InChI=1S/C24H18N4O3/c1-2-28-23(30)17-12-9-15(13-18(17)24(28)31)22(29)25-16-10-7-14(8-11-16)21-26-19-5-3-4-6-20(19)27-21/h3-13H,2H2,1H3,(H,25,29)(H,26,27). The third kappa shape index (κ3) is 3.16. The van der Waals surface area contributed by atoms with Gasteiger partial charge in [0.25, 0.3) is 17.7 Å². The number of fused-ring (bicyclic) bond motifs is 2. The number of benzene rings is 3. The van der Waals surface area contributed by atoms with E-state index >= 15 is 0 Å². The first-order valence-electron chi connectivity index (χ1n) is 9.92. The van der Waals surface area contributed by atoms with E-state index in [0.29, 0.717) is 23.4 Å². The monoisotopic (exact) mass is 410 g/mol. The summed E-state index contributed by atoms with van der Waals surface area (Å²) in [5.41, 5.74) is 4.28. The minimum Gasteiger partial charge on any atom is -0.338 e. The molecule has 7 heteroatoms. The molecule has 0 unspecified atom stereocenters. The molecule has 0 spiro atoms. The maximum atomic E-state index is 12.7. The molecule has 0 atom stereocenters. The maximum Gasteiger partial charge on any atom is 0.261 e. The molecular weight excluding hydrogens is 392 g/mol. The summed E-state index contributed by atoms with van der Waals surface area (Å²) >= 11 is 0. The Morgan fingerprint density at radius 2 is 1.71 bits per heavy atom. The van der Waals surface area contributed by atoms with Gasteiger partial charge in [-0.05, 0) is 61.5 Å². The number of carbonyl (C=O) groups is 3. The predicted octanol–water partition coefficient (Wildman–Crippen LogP) is 4.10. The lowest BCUT2D eigenvalue weighted by Crippen LogP contribution is -2.29. The summed E-state index contributed by atoms with van der Waals surface area (Å²) in [6.07, 6.45) is 0. The van der Waals surface area contributed by atoms with Gasteiger partial charge in [-0.2, -0.15) is 0 Å². The fourth-order valence-corrected chi connectivity index (χ4v) is 3.72. The average Bonchev–Trinajstić information content (AvgIpc) is 3.33. The smallest absolute Gasteiger partial charge is 0.261 e. The summed E-state index contributed by atoms with van der Waals surface area (Å²) in [5, 5.41) is 2.83. The summed E-state index contributed by atoms with van der Waals surface area (Å²) in [7, 11) is 0. The molecule has 31 heavy (non-hydrogen) atoms. The first-order chi connectivity index (χ1) is 15.0. The van der Waals surface area contributed by atoms with Crippen LogP contribution in [-0.4, -0.2) is 39.1 Å². The molecule has 1 aromatic heterocycles. The molecule has 0 fully saturated rings. The molecular formula is C24H18N4O3. The number of aromatic amines is 1. The summed E-state index contributed by atoms with van der Waals surface area (Å²) in [6, 6.07) is 19.7. The summed E-state index contributed by atoms with van der Waals surface area (Å²) in [5.74, 6) is -0.293. The largest absolute Gasteiger partial charge is 0.338 e. The zero-order valence-corrected chi connectivity index (χ0v) is 16.7. The molecule has 4 aromatic rings. The van der Waals surface area contributed by atoms with Crippen LogP contribution in [0.2, 0.25) is 0 Å². The molecule has 3 amide bonds. The van der Waals surface area contributed by atoms with E-state index in [9.17, 15) is 14.4 Å².